The highest BCUT2D eigenvalue weighted by molar-refractivity contribution is 5.21. The average molecular weight is 209 g/mol. The summed E-state index contributed by atoms with van der Waals surface area (Å²) in [7, 11) is 0. The Morgan fingerprint density at radius 2 is 1.93 bits per heavy atom. The fourth-order valence-electron chi connectivity index (χ4n) is 2.18. The lowest BCUT2D eigenvalue weighted by atomic mass is 9.82. The van der Waals surface area contributed by atoms with Crippen molar-refractivity contribution in [3.63, 3.8) is 0 Å². The number of hydrogen-bond acceptors (Lipinski definition) is 1. The van der Waals surface area contributed by atoms with Gasteiger partial charge in [0.1, 0.15) is 0 Å². The maximum absolute atomic E-state index is 12.2. The third kappa shape index (κ3) is 4.00. The highest BCUT2D eigenvalue weighted by Gasteiger charge is 2.20. The van der Waals surface area contributed by atoms with Crippen LogP contribution in [0.2, 0.25) is 0 Å². The molecule has 0 aromatic heterocycles. The van der Waals surface area contributed by atoms with Crippen molar-refractivity contribution >= 4 is 0 Å². The first-order valence-corrected chi connectivity index (χ1v) is 5.60. The minimum absolute atomic E-state index is 0.0804. The van der Waals surface area contributed by atoms with E-state index in [-0.39, 0.29) is 6.04 Å². The molecular formula is C13H20FN. The molecule has 0 aliphatic heterocycles. The Labute approximate surface area is 91.7 Å². The molecule has 1 N–H and O–H groups in total. The van der Waals surface area contributed by atoms with Crippen LogP contribution >= 0.6 is 0 Å². The molecule has 0 unspecified atom stereocenters. The largest absolute Gasteiger partial charge is 0.156 e. The third-order valence-electron chi connectivity index (χ3n) is 3.12. The fourth-order valence-corrected chi connectivity index (χ4v) is 2.18. The summed E-state index contributed by atoms with van der Waals surface area (Å²) in [6.07, 6.45) is 10.8. The van der Waals surface area contributed by atoms with E-state index >= 15 is 0 Å². The lowest BCUT2D eigenvalue weighted by molar-refractivity contribution is 0.198. The van der Waals surface area contributed by atoms with Gasteiger partial charge in [0.2, 0.25) is 0 Å². The van der Waals surface area contributed by atoms with E-state index in [1.807, 2.05) is 17.7 Å². The molecule has 1 aliphatic carbocycles. The molecule has 0 heterocycles. The molecule has 0 spiro atoms. The van der Waals surface area contributed by atoms with Crippen LogP contribution in [-0.2, 0) is 0 Å². The molecule has 0 radical (unpaired) electrons. The van der Waals surface area contributed by atoms with Gasteiger partial charge in [-0.15, -0.1) is 4.48 Å². The van der Waals surface area contributed by atoms with Gasteiger partial charge in [-0.1, -0.05) is 31.4 Å². The normalized spacial score (nSPS) is 27.4. The summed E-state index contributed by atoms with van der Waals surface area (Å²) in [5.74, 6) is 0.679. The van der Waals surface area contributed by atoms with Crippen LogP contribution in [0.5, 0.6) is 0 Å². The minimum Gasteiger partial charge on any atom is -0.156 e. The molecule has 1 fully saturated rings. The quantitative estimate of drug-likeness (QED) is 0.537. The number of hydrogen-bond donors (Lipinski definition) is 1. The lowest BCUT2D eigenvalue weighted by Crippen LogP contribution is -2.27. The second-order valence-corrected chi connectivity index (χ2v) is 4.21. The smallest absolute Gasteiger partial charge is 0.0372 e. The van der Waals surface area contributed by atoms with Crippen molar-refractivity contribution < 1.29 is 4.48 Å². The highest BCUT2D eigenvalue weighted by atomic mass is 19.2. The van der Waals surface area contributed by atoms with Crippen molar-refractivity contribution in [2.45, 2.75) is 38.1 Å². The topological polar surface area (TPSA) is 12.0 Å². The van der Waals surface area contributed by atoms with Gasteiger partial charge < -0.3 is 0 Å². The van der Waals surface area contributed by atoms with E-state index in [2.05, 4.69) is 13.2 Å². The van der Waals surface area contributed by atoms with Crippen molar-refractivity contribution in [3.8, 4) is 0 Å². The molecule has 0 amide bonds. The Hall–Kier alpha value is -0.890. The highest BCUT2D eigenvalue weighted by Crippen LogP contribution is 2.29. The van der Waals surface area contributed by atoms with E-state index in [0.29, 0.717) is 5.92 Å². The van der Waals surface area contributed by atoms with Crippen molar-refractivity contribution in [1.82, 2.24) is 5.54 Å². The number of rotatable bonds is 5. The van der Waals surface area contributed by atoms with Crippen LogP contribution in [-0.4, -0.2) is 6.04 Å². The molecule has 1 rings (SSSR count). The molecule has 0 saturated heterocycles. The summed E-state index contributed by atoms with van der Waals surface area (Å²) < 4.78 is 12.2. The number of allylic oxidation sites excluding steroid dienone is 4. The van der Waals surface area contributed by atoms with Gasteiger partial charge in [0.25, 0.3) is 0 Å². The second kappa shape index (κ2) is 6.57. The molecule has 2 heteroatoms. The first kappa shape index (κ1) is 12.2. The predicted octanol–water partition coefficient (Wildman–Crippen LogP) is 3.71. The Morgan fingerprint density at radius 3 is 2.40 bits per heavy atom. The van der Waals surface area contributed by atoms with Crippen molar-refractivity contribution in [2.24, 2.45) is 5.92 Å². The first-order chi connectivity index (χ1) is 7.30. The maximum Gasteiger partial charge on any atom is 0.0372 e. The predicted molar refractivity (Wildman–Crippen MR) is 63.1 cm³/mol. The zero-order valence-electron chi connectivity index (χ0n) is 9.21. The number of halogens is 1. The van der Waals surface area contributed by atoms with Crippen molar-refractivity contribution in [1.29, 1.82) is 0 Å². The molecule has 15 heavy (non-hydrogen) atoms. The van der Waals surface area contributed by atoms with Crippen LogP contribution in [0.15, 0.2) is 37.0 Å². The molecule has 1 aliphatic rings. The minimum atomic E-state index is 0.0804. The Kier molecular flexibility index (Phi) is 5.33. The van der Waals surface area contributed by atoms with E-state index < -0.39 is 0 Å². The Morgan fingerprint density at radius 1 is 1.27 bits per heavy atom. The molecular weight excluding hydrogens is 189 g/mol. The average Bonchev–Trinajstić information content (AvgIpc) is 2.29. The number of nitrogens with one attached hydrogen (secondary N) is 1. The van der Waals surface area contributed by atoms with Gasteiger partial charge in [-0.25, -0.2) is 0 Å². The van der Waals surface area contributed by atoms with Gasteiger partial charge in [-0.2, -0.15) is 5.54 Å². The summed E-state index contributed by atoms with van der Waals surface area (Å²) in [5.41, 5.74) is 3.10. The van der Waals surface area contributed by atoms with Gasteiger partial charge in [-0.3, -0.25) is 0 Å². The molecule has 1 nitrogen and oxygen atoms in total. The summed E-state index contributed by atoms with van der Waals surface area (Å²) in [6.45, 7) is 7.47. The molecule has 0 bridgehead atoms. The second-order valence-electron chi connectivity index (χ2n) is 4.21. The summed E-state index contributed by atoms with van der Waals surface area (Å²) in [5, 5.41) is 0. The lowest BCUT2D eigenvalue weighted by Gasteiger charge is -2.27. The molecule has 0 aromatic rings. The zero-order chi connectivity index (χ0) is 11.1. The summed E-state index contributed by atoms with van der Waals surface area (Å²) >= 11 is 0. The standard InChI is InChI=1S/C13H20FN/c1-3-5-11(4-2)10-12-6-8-13(15-14)9-7-12/h3-5,12-13,15H,1-2,6-10H2/b11-5+. The Balaban J connectivity index is 2.37. The van der Waals surface area contributed by atoms with Crippen LogP contribution < -0.4 is 5.54 Å². The maximum atomic E-state index is 12.2. The van der Waals surface area contributed by atoms with E-state index in [1.165, 1.54) is 5.57 Å². The summed E-state index contributed by atoms with van der Waals surface area (Å²) in [4.78, 5) is 0. The SMILES string of the molecule is C=C/C=C(\C=C)CC1CCC(NF)CC1. The van der Waals surface area contributed by atoms with E-state index in [4.69, 9.17) is 0 Å². The van der Waals surface area contributed by atoms with Crippen LogP contribution in [0, 0.1) is 5.92 Å². The van der Waals surface area contributed by atoms with Gasteiger partial charge in [0.05, 0.1) is 0 Å². The van der Waals surface area contributed by atoms with Crippen LogP contribution in [0.25, 0.3) is 0 Å². The van der Waals surface area contributed by atoms with Crippen molar-refractivity contribution in [3.05, 3.63) is 37.0 Å². The fraction of sp³-hybridized carbons (Fsp3) is 0.538. The van der Waals surface area contributed by atoms with Gasteiger partial charge >= 0.3 is 0 Å². The first-order valence-electron chi connectivity index (χ1n) is 5.60. The Bertz CT molecular complexity index is 237. The van der Waals surface area contributed by atoms with Crippen LogP contribution in [0.4, 0.5) is 4.48 Å². The van der Waals surface area contributed by atoms with Gasteiger partial charge in [0.15, 0.2) is 0 Å². The third-order valence-corrected chi connectivity index (χ3v) is 3.12. The molecule has 1 saturated carbocycles. The van der Waals surface area contributed by atoms with Crippen LogP contribution in [0.3, 0.4) is 0 Å². The summed E-state index contributed by atoms with van der Waals surface area (Å²) in [6, 6.07) is 0.0804. The van der Waals surface area contributed by atoms with E-state index in [9.17, 15) is 4.48 Å². The van der Waals surface area contributed by atoms with Crippen LogP contribution in [0.1, 0.15) is 32.1 Å². The molecule has 84 valence electrons. The monoisotopic (exact) mass is 209 g/mol. The van der Waals surface area contributed by atoms with E-state index in [1.54, 1.807) is 6.08 Å². The molecule has 0 atom stereocenters. The van der Waals surface area contributed by atoms with E-state index in [0.717, 1.165) is 32.1 Å². The molecule has 0 aromatic carbocycles. The van der Waals surface area contributed by atoms with Gasteiger partial charge in [-0.05, 0) is 43.6 Å². The van der Waals surface area contributed by atoms with Crippen molar-refractivity contribution in [2.75, 3.05) is 0 Å². The zero-order valence-corrected chi connectivity index (χ0v) is 9.21. The van der Waals surface area contributed by atoms with Gasteiger partial charge in [0, 0.05) is 6.04 Å².